The second-order valence-corrected chi connectivity index (χ2v) is 3.40. The van der Waals surface area contributed by atoms with Crippen molar-refractivity contribution in [2.45, 2.75) is 12.2 Å². The van der Waals surface area contributed by atoms with Crippen LogP contribution in [0.2, 0.25) is 0 Å². The molecule has 0 aliphatic rings. The van der Waals surface area contributed by atoms with Crippen LogP contribution in [0.1, 0.15) is 9.78 Å². The molecule has 0 fully saturated rings. The van der Waals surface area contributed by atoms with Gasteiger partial charge in [0.2, 0.25) is 0 Å². The van der Waals surface area contributed by atoms with Gasteiger partial charge >= 0.3 is 59.1 Å². The van der Waals surface area contributed by atoms with Gasteiger partial charge in [-0.2, -0.15) is 8.42 Å². The van der Waals surface area contributed by atoms with Crippen LogP contribution < -0.4 is 64.8 Å². The Morgan fingerprint density at radius 2 is 1.90 bits per heavy atom. The third kappa shape index (κ3) is 7.97. The van der Waals surface area contributed by atoms with E-state index in [1.54, 1.807) is 0 Å². The topological polar surface area (TPSA) is 80.4 Å². The summed E-state index contributed by atoms with van der Waals surface area (Å²) in [6, 6.07) is 0. The smallest absolute Gasteiger partial charge is 1.00 e. The summed E-state index contributed by atoms with van der Waals surface area (Å²) in [5, 5.41) is -0.845. The van der Waals surface area contributed by atoms with Crippen LogP contribution in [-0.2, 0) is 10.1 Å². The Labute approximate surface area is 108 Å². The first-order valence-corrected chi connectivity index (χ1v) is 3.65. The first kappa shape index (κ1) is 17.8. The van der Waals surface area contributed by atoms with E-state index in [1.165, 1.54) is 6.92 Å². The van der Waals surface area contributed by atoms with E-state index in [2.05, 4.69) is 0 Å². The van der Waals surface area contributed by atoms with Crippen molar-refractivity contribution in [3.8, 4) is 0 Å². The Morgan fingerprint density at radius 1 is 1.60 bits per heavy atom. The van der Waals surface area contributed by atoms with Crippen molar-refractivity contribution >= 4 is 10.1 Å². The van der Waals surface area contributed by atoms with Crippen molar-refractivity contribution in [3.63, 3.8) is 0 Å². The van der Waals surface area contributed by atoms with Crippen molar-refractivity contribution in [2.24, 2.45) is 5.73 Å². The fraction of sp³-hybridized carbons (Fsp3) is 1.00. The Hall–Kier alpha value is 1.87. The zero-order chi connectivity index (χ0) is 6.78. The van der Waals surface area contributed by atoms with Gasteiger partial charge in [-0.15, -0.1) is 0 Å². The molecule has 1 unspecified atom stereocenters. The van der Waals surface area contributed by atoms with Gasteiger partial charge in [-0.3, -0.25) is 4.55 Å². The molecule has 0 saturated carbocycles. The minimum atomic E-state index is -3.88. The molecule has 7 heteroatoms. The van der Waals surface area contributed by atoms with Gasteiger partial charge in [-0.1, -0.05) is 0 Å². The van der Waals surface area contributed by atoms with Crippen LogP contribution in [0.4, 0.5) is 0 Å². The molecule has 0 rings (SSSR count). The molecule has 1 atom stereocenters. The molecule has 10 heavy (non-hydrogen) atoms. The summed E-state index contributed by atoms with van der Waals surface area (Å²) < 4.78 is 28.3. The molecule has 3 N–H and O–H groups in total. The summed E-state index contributed by atoms with van der Waals surface area (Å²) in [5.41, 5.74) is 4.92. The summed E-state index contributed by atoms with van der Waals surface area (Å²) in [7, 11) is -3.88. The van der Waals surface area contributed by atoms with Crippen LogP contribution in [0.3, 0.4) is 0 Å². The summed E-state index contributed by atoms with van der Waals surface area (Å²) in [6.07, 6.45) is 0. The molecule has 54 valence electrons. The van der Waals surface area contributed by atoms with Gasteiger partial charge in [-0.05, 0) is 6.92 Å². The molecule has 0 amide bonds. The summed E-state index contributed by atoms with van der Waals surface area (Å²) in [5.74, 6) is 0. The molecule has 0 saturated heterocycles. The van der Waals surface area contributed by atoms with E-state index in [9.17, 15) is 8.42 Å². The van der Waals surface area contributed by atoms with E-state index in [0.29, 0.717) is 0 Å². The summed E-state index contributed by atoms with van der Waals surface area (Å²) in [4.78, 5) is 0. The van der Waals surface area contributed by atoms with Gasteiger partial charge in [0, 0.05) is 6.54 Å². The SMILES string of the molecule is CC(CN)S(=O)(=O)O.[H-].[H-].[Na+].[Na+]. The van der Waals surface area contributed by atoms with Gasteiger partial charge in [0.15, 0.2) is 0 Å². The molecule has 0 aromatic carbocycles. The van der Waals surface area contributed by atoms with Crippen molar-refractivity contribution in [3.05, 3.63) is 0 Å². The maximum Gasteiger partial charge on any atom is 1.00 e. The molecule has 0 aliphatic carbocycles. The van der Waals surface area contributed by atoms with Crippen LogP contribution in [0.25, 0.3) is 0 Å². The maximum atomic E-state index is 10.0. The fourth-order valence-electron chi connectivity index (χ4n) is 0.122. The number of rotatable bonds is 2. The number of nitrogens with two attached hydrogens (primary N) is 1. The number of hydrogen-bond acceptors (Lipinski definition) is 3. The summed E-state index contributed by atoms with van der Waals surface area (Å²) in [6.45, 7) is 1.30. The molecule has 0 aromatic rings. The zero-order valence-electron chi connectivity index (χ0n) is 8.53. The van der Waals surface area contributed by atoms with Crippen molar-refractivity contribution in [1.29, 1.82) is 0 Å². The quantitative estimate of drug-likeness (QED) is 0.333. The maximum absolute atomic E-state index is 10.0. The van der Waals surface area contributed by atoms with Crippen molar-refractivity contribution in [2.75, 3.05) is 6.54 Å². The Kier molecular flexibility index (Phi) is 13.4. The van der Waals surface area contributed by atoms with E-state index < -0.39 is 15.4 Å². The monoisotopic (exact) mass is 187 g/mol. The van der Waals surface area contributed by atoms with Gasteiger partial charge in [0.25, 0.3) is 10.1 Å². The van der Waals surface area contributed by atoms with Crippen molar-refractivity contribution in [1.82, 2.24) is 0 Å². The first-order chi connectivity index (χ1) is 3.48. The van der Waals surface area contributed by atoms with Gasteiger partial charge in [0.1, 0.15) is 0 Å². The van der Waals surface area contributed by atoms with Crippen LogP contribution >= 0.6 is 0 Å². The van der Waals surface area contributed by atoms with Crippen LogP contribution in [0.15, 0.2) is 0 Å². The third-order valence-electron chi connectivity index (χ3n) is 0.840. The van der Waals surface area contributed by atoms with Gasteiger partial charge < -0.3 is 8.59 Å². The average Bonchev–Trinajstić information content (AvgIpc) is 1.62. The largest absolute Gasteiger partial charge is 1.00 e. The fourth-order valence-corrected chi connectivity index (χ4v) is 0.365. The van der Waals surface area contributed by atoms with E-state index in [1.807, 2.05) is 0 Å². The van der Waals surface area contributed by atoms with Crippen LogP contribution in [0.5, 0.6) is 0 Å². The van der Waals surface area contributed by atoms with Crippen LogP contribution in [0, 0.1) is 0 Å². The normalized spacial score (nSPS) is 12.7. The second kappa shape index (κ2) is 7.52. The molecule has 0 aliphatic heterocycles. The molecule has 0 heterocycles. The second-order valence-electron chi connectivity index (χ2n) is 1.56. The Balaban J connectivity index is -0.0000000408. The molecular weight excluding hydrogens is 176 g/mol. The standard InChI is InChI=1S/C3H9NO3S.2Na.2H/c1-3(2-4)8(5,6)7;;;;/h3H,2,4H2,1H3,(H,5,6,7);;;;/q;2*+1;2*-1. The van der Waals surface area contributed by atoms with E-state index in [-0.39, 0.29) is 68.5 Å². The Bertz CT molecular complexity index is 165. The molecule has 4 nitrogen and oxygen atoms in total. The average molecular weight is 187 g/mol. The number of hydrogen-bond donors (Lipinski definition) is 2. The Morgan fingerprint density at radius 3 is 1.90 bits per heavy atom. The molecular formula is C3H11NNa2O3S. The molecule has 0 aromatic heterocycles. The van der Waals surface area contributed by atoms with Gasteiger partial charge in [-0.25, -0.2) is 0 Å². The minimum absolute atomic E-state index is 0. The van der Waals surface area contributed by atoms with E-state index in [4.69, 9.17) is 10.3 Å². The van der Waals surface area contributed by atoms with E-state index >= 15 is 0 Å². The van der Waals surface area contributed by atoms with E-state index in [0.717, 1.165) is 0 Å². The van der Waals surface area contributed by atoms with Crippen LogP contribution in [-0.4, -0.2) is 24.8 Å². The molecule has 0 spiro atoms. The molecule has 0 radical (unpaired) electrons. The minimum Gasteiger partial charge on any atom is -1.00 e. The summed E-state index contributed by atoms with van der Waals surface area (Å²) >= 11 is 0. The molecule has 0 bridgehead atoms. The predicted molar refractivity (Wildman–Crippen MR) is 32.3 cm³/mol. The van der Waals surface area contributed by atoms with Gasteiger partial charge in [0.05, 0.1) is 5.25 Å². The third-order valence-corrected chi connectivity index (χ3v) is 2.05. The first-order valence-electron chi connectivity index (χ1n) is 2.15. The zero-order valence-corrected chi connectivity index (χ0v) is 11.4. The predicted octanol–water partition coefficient (Wildman–Crippen LogP) is -6.55. The van der Waals surface area contributed by atoms with Crippen molar-refractivity contribution < 1.29 is 74.9 Å².